The van der Waals surface area contributed by atoms with Crippen molar-refractivity contribution in [3.05, 3.63) is 23.9 Å². The Morgan fingerprint density at radius 2 is 1.67 bits per heavy atom. The number of nitrogens with one attached hydrogen (secondary N) is 2. The third-order valence-corrected chi connectivity index (χ3v) is 2.63. The van der Waals surface area contributed by atoms with Gasteiger partial charge in [0.25, 0.3) is 0 Å². The molecule has 2 rings (SSSR count). The van der Waals surface area contributed by atoms with Gasteiger partial charge in [0.05, 0.1) is 0 Å². The molecule has 0 unspecified atom stereocenters. The maximum atomic E-state index is 7.13. The van der Waals surface area contributed by atoms with Gasteiger partial charge in [-0.05, 0) is 51.0 Å². The fraction of sp³-hybridized carbons (Fsp3) is 0.571. The van der Waals surface area contributed by atoms with Crippen LogP contribution in [0.25, 0.3) is 0 Å². The Morgan fingerprint density at radius 1 is 1.19 bits per heavy atom. The molecule has 0 amide bonds. The smallest absolute Gasteiger partial charge is 0.696 e. The Labute approximate surface area is 150 Å². The number of hydrogen-bond donors (Lipinski definition) is 2. The summed E-state index contributed by atoms with van der Waals surface area (Å²) in [7, 11) is 0. The maximum absolute atomic E-state index is 7.13. The Balaban J connectivity index is -0.000000220. The monoisotopic (exact) mass is 373 g/mol. The van der Waals surface area contributed by atoms with E-state index in [0.29, 0.717) is 0 Å². The average molecular weight is 374 g/mol. The predicted octanol–water partition coefficient (Wildman–Crippen LogP) is 2.08. The summed E-state index contributed by atoms with van der Waals surface area (Å²) in [5, 5.41) is 23.3. The molecule has 0 atom stereocenters. The quantitative estimate of drug-likeness (QED) is 0.385. The van der Waals surface area contributed by atoms with Crippen LogP contribution in [0.3, 0.4) is 0 Å². The van der Waals surface area contributed by atoms with Gasteiger partial charge in [0, 0.05) is 6.54 Å². The van der Waals surface area contributed by atoms with Crippen LogP contribution in [0.2, 0.25) is 0 Å². The standard InChI is InChI=1S/C6H13N.C6H9N.2CHNS.Cu/c2*1-6-2-4-7-5-3-6;2*2-1-3;/h6-7H,2-5H2,1H3;2-4,7H,5H2,1H3;2*3H;/q;;;;+2/p-2. The van der Waals surface area contributed by atoms with E-state index in [0.717, 1.165) is 12.5 Å². The van der Waals surface area contributed by atoms with Crippen molar-refractivity contribution in [2.24, 2.45) is 5.92 Å². The number of hydrogen-bond acceptors (Lipinski definition) is 6. The van der Waals surface area contributed by atoms with Crippen LogP contribution in [-0.4, -0.2) is 19.6 Å². The van der Waals surface area contributed by atoms with Crippen LogP contribution < -0.4 is 10.6 Å². The van der Waals surface area contributed by atoms with Crippen LogP contribution in [0.5, 0.6) is 0 Å². The minimum absolute atomic E-state index is 0. The van der Waals surface area contributed by atoms with Crippen LogP contribution in [0.1, 0.15) is 26.7 Å². The maximum Gasteiger partial charge on any atom is 2.00 e. The molecule has 0 saturated carbocycles. The van der Waals surface area contributed by atoms with Crippen LogP contribution in [-0.2, 0) is 42.3 Å². The van der Waals surface area contributed by atoms with Crippen molar-refractivity contribution < 1.29 is 17.1 Å². The topological polar surface area (TPSA) is 71.6 Å². The summed E-state index contributed by atoms with van der Waals surface area (Å²) in [6, 6.07) is 0. The number of allylic oxidation sites excluding steroid dienone is 2. The number of nitriles is 2. The van der Waals surface area contributed by atoms with E-state index in [1.165, 1.54) is 42.3 Å². The first-order valence-corrected chi connectivity index (χ1v) is 7.23. The van der Waals surface area contributed by atoms with Crippen molar-refractivity contribution in [3.63, 3.8) is 0 Å². The Kier molecular flexibility index (Phi) is 25.7. The first-order chi connectivity index (χ1) is 9.62. The fourth-order valence-corrected chi connectivity index (χ4v) is 1.51. The number of dihydropyridines is 1. The summed E-state index contributed by atoms with van der Waals surface area (Å²) >= 11 is 7.40. The first kappa shape index (κ1) is 25.2. The zero-order chi connectivity index (χ0) is 15.6. The van der Waals surface area contributed by atoms with Crippen LogP contribution >= 0.6 is 0 Å². The molecule has 1 saturated heterocycles. The van der Waals surface area contributed by atoms with Gasteiger partial charge in [-0.2, -0.15) is 0 Å². The summed E-state index contributed by atoms with van der Waals surface area (Å²) in [5.74, 6) is 0.973. The fourth-order valence-electron chi connectivity index (χ4n) is 1.51. The van der Waals surface area contributed by atoms with E-state index in [9.17, 15) is 0 Å². The molecule has 0 aromatic rings. The molecule has 1 radical (unpaired) electrons. The van der Waals surface area contributed by atoms with Gasteiger partial charge in [-0.1, -0.05) is 29.4 Å². The predicted molar refractivity (Wildman–Crippen MR) is 88.1 cm³/mol. The Bertz CT molecular complexity index is 341. The summed E-state index contributed by atoms with van der Waals surface area (Å²) in [6.07, 6.45) is 8.93. The zero-order valence-electron chi connectivity index (χ0n) is 12.4. The molecule has 7 heteroatoms. The van der Waals surface area contributed by atoms with Gasteiger partial charge in [0.2, 0.25) is 0 Å². The van der Waals surface area contributed by atoms with Gasteiger partial charge < -0.3 is 35.9 Å². The van der Waals surface area contributed by atoms with Crippen LogP contribution in [0.15, 0.2) is 23.9 Å². The van der Waals surface area contributed by atoms with Gasteiger partial charge in [-0.3, -0.25) is 0 Å². The molecule has 2 aliphatic rings. The summed E-state index contributed by atoms with van der Waals surface area (Å²) in [6.45, 7) is 7.88. The second-order valence-electron chi connectivity index (χ2n) is 4.30. The molecule has 2 heterocycles. The van der Waals surface area contributed by atoms with E-state index in [2.05, 4.69) is 61.9 Å². The number of nitrogens with zero attached hydrogens (tertiary/aromatic N) is 2. The summed E-state index contributed by atoms with van der Waals surface area (Å²) in [5.41, 5.74) is 1.35. The molecule has 2 aliphatic heterocycles. The van der Waals surface area contributed by atoms with Gasteiger partial charge in [0.1, 0.15) is 0 Å². The third-order valence-electron chi connectivity index (χ3n) is 2.63. The zero-order valence-corrected chi connectivity index (χ0v) is 14.9. The van der Waals surface area contributed by atoms with Gasteiger partial charge in [0.15, 0.2) is 0 Å². The van der Waals surface area contributed by atoms with E-state index >= 15 is 0 Å². The molecule has 2 N–H and O–H groups in total. The van der Waals surface area contributed by atoms with Crippen LogP contribution in [0.4, 0.5) is 0 Å². The summed E-state index contributed by atoms with van der Waals surface area (Å²) in [4.78, 5) is 0. The molecule has 0 aromatic heterocycles. The third kappa shape index (κ3) is 24.6. The van der Waals surface area contributed by atoms with Crippen molar-refractivity contribution in [3.8, 4) is 10.8 Å². The van der Waals surface area contributed by atoms with Crippen molar-refractivity contribution in [2.75, 3.05) is 19.6 Å². The molecule has 0 aliphatic carbocycles. The average Bonchev–Trinajstić information content (AvgIpc) is 2.43. The second-order valence-corrected chi connectivity index (χ2v) is 4.67. The van der Waals surface area contributed by atoms with E-state index < -0.39 is 0 Å². The van der Waals surface area contributed by atoms with Crippen molar-refractivity contribution in [1.29, 1.82) is 10.5 Å². The SMILES string of the molecule is CC1=CCNC=C1.CC1CCNCC1.N#C[S-].N#C[S-].[Cu+2]. The van der Waals surface area contributed by atoms with Crippen molar-refractivity contribution in [2.45, 2.75) is 26.7 Å². The largest absolute Gasteiger partial charge is 2.00 e. The first-order valence-electron chi connectivity index (χ1n) is 6.42. The van der Waals surface area contributed by atoms with Crippen molar-refractivity contribution in [1.82, 2.24) is 10.6 Å². The van der Waals surface area contributed by atoms with Gasteiger partial charge >= 0.3 is 17.1 Å². The molecule has 1 fully saturated rings. The number of rotatable bonds is 0. The summed E-state index contributed by atoms with van der Waals surface area (Å²) < 4.78 is 0. The minimum atomic E-state index is 0. The molecule has 21 heavy (non-hydrogen) atoms. The molecule has 0 aromatic carbocycles. The van der Waals surface area contributed by atoms with E-state index in [-0.39, 0.29) is 17.1 Å². The molecule has 121 valence electrons. The van der Waals surface area contributed by atoms with Gasteiger partial charge in [-0.15, -0.1) is 0 Å². The van der Waals surface area contributed by atoms with E-state index in [1.807, 2.05) is 6.20 Å². The normalized spacial score (nSPS) is 15.1. The molecular weight excluding hydrogens is 352 g/mol. The van der Waals surface area contributed by atoms with E-state index in [1.54, 1.807) is 0 Å². The minimum Gasteiger partial charge on any atom is -0.696 e. The molecule has 0 spiro atoms. The van der Waals surface area contributed by atoms with E-state index in [4.69, 9.17) is 10.5 Å². The number of piperidine rings is 1. The second kappa shape index (κ2) is 21.5. The molecular formula is C14H22CuN4S2. The Morgan fingerprint density at radius 3 is 1.86 bits per heavy atom. The number of thiocyanates is 2. The van der Waals surface area contributed by atoms with Crippen molar-refractivity contribution >= 4 is 25.3 Å². The van der Waals surface area contributed by atoms with Gasteiger partial charge in [-0.25, -0.2) is 10.5 Å². The Hall–Kier alpha value is -0.821. The molecule has 0 bridgehead atoms. The molecule has 4 nitrogen and oxygen atoms in total. The van der Waals surface area contributed by atoms with Crippen LogP contribution in [0, 0.1) is 27.2 Å².